The Hall–Kier alpha value is -1.95. The monoisotopic (exact) mass is 253 g/mol. The molecule has 0 unspecified atom stereocenters. The first-order valence-corrected chi connectivity index (χ1v) is 5.29. The Balaban J connectivity index is 2.52. The summed E-state index contributed by atoms with van der Waals surface area (Å²) < 4.78 is 5.26. The Kier molecular flexibility index (Phi) is 3.06. The van der Waals surface area contributed by atoms with E-state index in [1.165, 1.54) is 6.07 Å². The minimum absolute atomic E-state index is 0.0214. The summed E-state index contributed by atoms with van der Waals surface area (Å²) in [5.74, 6) is 0.635. The molecule has 88 valence electrons. The number of alkyl halides is 1. The second kappa shape index (κ2) is 4.50. The lowest BCUT2D eigenvalue weighted by Gasteiger charge is -2.01. The summed E-state index contributed by atoms with van der Waals surface area (Å²) in [5, 5.41) is 18.3. The van der Waals surface area contributed by atoms with E-state index in [2.05, 4.69) is 10.2 Å². The summed E-state index contributed by atoms with van der Waals surface area (Å²) in [4.78, 5) is 10.3. The molecule has 0 N–H and O–H groups in total. The number of halogens is 1. The Morgan fingerprint density at radius 2 is 2.24 bits per heavy atom. The van der Waals surface area contributed by atoms with Crippen LogP contribution >= 0.6 is 11.6 Å². The number of aromatic nitrogens is 2. The van der Waals surface area contributed by atoms with Gasteiger partial charge in [0, 0.05) is 17.2 Å². The van der Waals surface area contributed by atoms with Crippen LogP contribution in [0.15, 0.2) is 22.6 Å². The number of nitro groups is 1. The Bertz CT molecular complexity index is 568. The van der Waals surface area contributed by atoms with Crippen molar-refractivity contribution >= 4 is 17.3 Å². The van der Waals surface area contributed by atoms with Gasteiger partial charge in [0.1, 0.15) is 5.88 Å². The highest BCUT2D eigenvalue weighted by Gasteiger charge is 2.17. The quantitative estimate of drug-likeness (QED) is 0.477. The average Bonchev–Trinajstić information content (AvgIpc) is 2.77. The molecule has 7 heteroatoms. The highest BCUT2D eigenvalue weighted by atomic mass is 35.5. The van der Waals surface area contributed by atoms with E-state index < -0.39 is 4.92 Å². The summed E-state index contributed by atoms with van der Waals surface area (Å²) in [6.07, 6.45) is 0. The highest BCUT2D eigenvalue weighted by molar-refractivity contribution is 6.16. The molecule has 6 nitrogen and oxygen atoms in total. The van der Waals surface area contributed by atoms with Gasteiger partial charge < -0.3 is 4.42 Å². The van der Waals surface area contributed by atoms with Crippen LogP contribution in [-0.2, 0) is 5.88 Å². The van der Waals surface area contributed by atoms with Crippen LogP contribution in [0.4, 0.5) is 5.69 Å². The fourth-order valence-corrected chi connectivity index (χ4v) is 1.58. The summed E-state index contributed by atoms with van der Waals surface area (Å²) in [5.41, 5.74) is 1.05. The van der Waals surface area contributed by atoms with Crippen molar-refractivity contribution in [2.45, 2.75) is 12.8 Å². The fraction of sp³-hybridized carbons (Fsp3) is 0.200. The largest absolute Gasteiger partial charge is 0.419 e. The van der Waals surface area contributed by atoms with Gasteiger partial charge in [-0.05, 0) is 13.0 Å². The molecule has 0 radical (unpaired) electrons. The molecule has 17 heavy (non-hydrogen) atoms. The molecule has 0 saturated carbocycles. The standard InChI is InChI=1S/C10H8ClN3O3/c1-6-7(3-2-4-8(6)14(15)16)10-13-12-9(5-11)17-10/h2-4H,5H2,1H3. The molecular formula is C10H8ClN3O3. The highest BCUT2D eigenvalue weighted by Crippen LogP contribution is 2.28. The van der Waals surface area contributed by atoms with Crippen LogP contribution in [0.2, 0.25) is 0 Å². The topological polar surface area (TPSA) is 82.1 Å². The number of nitrogens with zero attached hydrogens (tertiary/aromatic N) is 3. The van der Waals surface area contributed by atoms with Gasteiger partial charge in [-0.3, -0.25) is 10.1 Å². The first-order valence-electron chi connectivity index (χ1n) is 4.76. The molecule has 0 aliphatic heterocycles. The van der Waals surface area contributed by atoms with Gasteiger partial charge in [-0.2, -0.15) is 0 Å². The Labute approximate surface area is 101 Å². The maximum Gasteiger partial charge on any atom is 0.273 e. The lowest BCUT2D eigenvalue weighted by atomic mass is 10.1. The molecule has 0 aliphatic carbocycles. The van der Waals surface area contributed by atoms with Crippen LogP contribution in [0.3, 0.4) is 0 Å². The van der Waals surface area contributed by atoms with Gasteiger partial charge in [-0.15, -0.1) is 21.8 Å². The molecule has 1 aromatic carbocycles. The first kappa shape index (κ1) is 11.5. The van der Waals surface area contributed by atoms with Crippen molar-refractivity contribution in [2.75, 3.05) is 0 Å². The number of hydrogen-bond acceptors (Lipinski definition) is 5. The zero-order valence-corrected chi connectivity index (χ0v) is 9.64. The normalized spacial score (nSPS) is 10.5. The first-order chi connectivity index (χ1) is 8.13. The lowest BCUT2D eigenvalue weighted by Crippen LogP contribution is -1.93. The lowest BCUT2D eigenvalue weighted by molar-refractivity contribution is -0.385. The maximum absolute atomic E-state index is 10.8. The molecule has 0 amide bonds. The van der Waals surface area contributed by atoms with Crippen molar-refractivity contribution in [1.29, 1.82) is 0 Å². The number of rotatable bonds is 3. The number of benzene rings is 1. The van der Waals surface area contributed by atoms with Gasteiger partial charge in [0.2, 0.25) is 11.8 Å². The van der Waals surface area contributed by atoms with Crippen LogP contribution in [0.5, 0.6) is 0 Å². The van der Waals surface area contributed by atoms with Gasteiger partial charge in [-0.1, -0.05) is 6.07 Å². The van der Waals surface area contributed by atoms with Gasteiger partial charge in [0.05, 0.1) is 4.92 Å². The van der Waals surface area contributed by atoms with Crippen molar-refractivity contribution in [3.05, 3.63) is 39.8 Å². The van der Waals surface area contributed by atoms with Crippen LogP contribution in [0.1, 0.15) is 11.5 Å². The predicted molar refractivity (Wildman–Crippen MR) is 60.7 cm³/mol. The molecule has 0 aliphatic rings. The summed E-state index contributed by atoms with van der Waals surface area (Å²) >= 11 is 5.54. The van der Waals surface area contributed by atoms with Gasteiger partial charge in [-0.25, -0.2) is 0 Å². The van der Waals surface area contributed by atoms with Gasteiger partial charge >= 0.3 is 0 Å². The van der Waals surface area contributed by atoms with E-state index in [4.69, 9.17) is 16.0 Å². The van der Waals surface area contributed by atoms with Crippen molar-refractivity contribution in [2.24, 2.45) is 0 Å². The van der Waals surface area contributed by atoms with Gasteiger partial charge in [0.25, 0.3) is 5.69 Å². The average molecular weight is 254 g/mol. The van der Waals surface area contributed by atoms with E-state index in [1.54, 1.807) is 19.1 Å². The molecule has 0 saturated heterocycles. The Morgan fingerprint density at radius 3 is 2.82 bits per heavy atom. The van der Waals surface area contributed by atoms with Crippen molar-refractivity contribution in [1.82, 2.24) is 10.2 Å². The molecule has 2 aromatic rings. The number of nitro benzene ring substituents is 1. The van der Waals surface area contributed by atoms with Crippen LogP contribution in [-0.4, -0.2) is 15.1 Å². The molecule has 0 fully saturated rings. The molecule has 0 atom stereocenters. The molecule has 0 spiro atoms. The second-order valence-corrected chi connectivity index (χ2v) is 3.61. The zero-order chi connectivity index (χ0) is 12.4. The molecule has 1 aromatic heterocycles. The van der Waals surface area contributed by atoms with E-state index in [0.717, 1.165) is 0 Å². The summed E-state index contributed by atoms with van der Waals surface area (Å²) in [7, 11) is 0. The van der Waals surface area contributed by atoms with E-state index in [-0.39, 0.29) is 23.3 Å². The zero-order valence-electron chi connectivity index (χ0n) is 8.88. The third-order valence-corrected chi connectivity index (χ3v) is 2.54. The van der Waals surface area contributed by atoms with Crippen molar-refractivity contribution < 1.29 is 9.34 Å². The van der Waals surface area contributed by atoms with Crippen molar-refractivity contribution in [3.8, 4) is 11.5 Å². The molecule has 0 bridgehead atoms. The van der Waals surface area contributed by atoms with E-state index >= 15 is 0 Å². The Morgan fingerprint density at radius 1 is 1.47 bits per heavy atom. The third-order valence-electron chi connectivity index (χ3n) is 2.31. The smallest absolute Gasteiger partial charge is 0.273 e. The number of hydrogen-bond donors (Lipinski definition) is 0. The van der Waals surface area contributed by atoms with Gasteiger partial charge in [0.15, 0.2) is 0 Å². The SMILES string of the molecule is Cc1c(-c2nnc(CCl)o2)cccc1[N+](=O)[O-]. The second-order valence-electron chi connectivity index (χ2n) is 3.34. The summed E-state index contributed by atoms with van der Waals surface area (Å²) in [6.45, 7) is 1.64. The van der Waals surface area contributed by atoms with Crippen LogP contribution in [0.25, 0.3) is 11.5 Å². The molecule has 2 rings (SSSR count). The molecule has 1 heterocycles. The minimum atomic E-state index is -0.447. The van der Waals surface area contributed by atoms with Crippen LogP contribution < -0.4 is 0 Å². The maximum atomic E-state index is 10.8. The van der Waals surface area contributed by atoms with E-state index in [1.807, 2.05) is 0 Å². The minimum Gasteiger partial charge on any atom is -0.419 e. The third kappa shape index (κ3) is 2.12. The van der Waals surface area contributed by atoms with Crippen LogP contribution in [0, 0.1) is 17.0 Å². The van der Waals surface area contributed by atoms with E-state index in [0.29, 0.717) is 11.1 Å². The molecular weight excluding hydrogens is 246 g/mol. The van der Waals surface area contributed by atoms with E-state index in [9.17, 15) is 10.1 Å². The predicted octanol–water partition coefficient (Wildman–Crippen LogP) is 2.69. The summed E-state index contributed by atoms with van der Waals surface area (Å²) in [6, 6.07) is 4.69. The fourth-order valence-electron chi connectivity index (χ4n) is 1.47. The van der Waals surface area contributed by atoms with Crippen molar-refractivity contribution in [3.63, 3.8) is 0 Å².